The minimum Gasteiger partial charge on any atom is -0.480 e. The monoisotopic (exact) mass is 307 g/mol. The van der Waals surface area contributed by atoms with Gasteiger partial charge in [-0.1, -0.05) is 11.6 Å². The molecular weight excluding hydrogens is 294 g/mol. The fourth-order valence-electron chi connectivity index (χ4n) is 1.38. The van der Waals surface area contributed by atoms with E-state index in [2.05, 4.69) is 0 Å². The third-order valence-corrected chi connectivity index (χ3v) is 3.99. The highest BCUT2D eigenvalue weighted by atomic mass is 35.5. The maximum Gasteiger partial charge on any atom is 0.321 e. The molecule has 2 N–H and O–H groups in total. The number of hydrogen-bond acceptors (Lipinski definition) is 4. The van der Waals surface area contributed by atoms with Gasteiger partial charge in [0.1, 0.15) is 6.04 Å². The van der Waals surface area contributed by atoms with Crippen molar-refractivity contribution in [2.75, 3.05) is 7.11 Å². The SMILES string of the molecule is COCc1cc(Cl)cc(S(=O)(=O)NC(C)C(=O)O)c1. The molecule has 6 nitrogen and oxygen atoms in total. The lowest BCUT2D eigenvalue weighted by Crippen LogP contribution is -2.38. The number of rotatable bonds is 6. The topological polar surface area (TPSA) is 92.7 Å². The van der Waals surface area contributed by atoms with E-state index in [0.29, 0.717) is 5.56 Å². The van der Waals surface area contributed by atoms with Gasteiger partial charge in [0, 0.05) is 12.1 Å². The molecule has 1 rings (SSSR count). The summed E-state index contributed by atoms with van der Waals surface area (Å²) >= 11 is 5.83. The summed E-state index contributed by atoms with van der Waals surface area (Å²) in [4.78, 5) is 10.6. The first-order valence-electron chi connectivity index (χ1n) is 5.30. The van der Waals surface area contributed by atoms with Crippen molar-refractivity contribution < 1.29 is 23.1 Å². The third-order valence-electron chi connectivity index (χ3n) is 2.25. The van der Waals surface area contributed by atoms with E-state index in [-0.39, 0.29) is 16.5 Å². The van der Waals surface area contributed by atoms with Gasteiger partial charge >= 0.3 is 5.97 Å². The van der Waals surface area contributed by atoms with Crippen LogP contribution in [0, 0.1) is 0 Å². The summed E-state index contributed by atoms with van der Waals surface area (Å²) in [6.07, 6.45) is 0. The molecule has 0 aliphatic carbocycles. The van der Waals surface area contributed by atoms with E-state index in [9.17, 15) is 13.2 Å². The Hall–Kier alpha value is -1.15. The number of sulfonamides is 1. The molecule has 0 bridgehead atoms. The van der Waals surface area contributed by atoms with Crippen LogP contribution in [0.15, 0.2) is 23.1 Å². The van der Waals surface area contributed by atoms with Gasteiger partial charge in [-0.05, 0) is 30.7 Å². The zero-order chi connectivity index (χ0) is 14.6. The lowest BCUT2D eigenvalue weighted by Gasteiger charge is -2.11. The van der Waals surface area contributed by atoms with Gasteiger partial charge in [0.2, 0.25) is 10.0 Å². The number of halogens is 1. The predicted octanol–water partition coefficient (Wildman–Crippen LogP) is 1.24. The minimum absolute atomic E-state index is 0.0971. The minimum atomic E-state index is -3.94. The van der Waals surface area contributed by atoms with Gasteiger partial charge in [0.25, 0.3) is 0 Å². The molecule has 0 amide bonds. The van der Waals surface area contributed by atoms with Gasteiger partial charge in [-0.2, -0.15) is 4.72 Å². The molecule has 1 aromatic rings. The predicted molar refractivity (Wildman–Crippen MR) is 69.6 cm³/mol. The molecule has 0 aliphatic heterocycles. The molecule has 1 aromatic carbocycles. The van der Waals surface area contributed by atoms with Crippen LogP contribution in [0.3, 0.4) is 0 Å². The quantitative estimate of drug-likeness (QED) is 0.825. The molecule has 0 radical (unpaired) electrons. The molecule has 0 aliphatic rings. The number of hydrogen-bond donors (Lipinski definition) is 2. The van der Waals surface area contributed by atoms with Gasteiger partial charge in [0.05, 0.1) is 11.5 Å². The average Bonchev–Trinajstić information content (AvgIpc) is 2.27. The van der Waals surface area contributed by atoms with Gasteiger partial charge < -0.3 is 9.84 Å². The van der Waals surface area contributed by atoms with Crippen LogP contribution >= 0.6 is 11.6 Å². The average molecular weight is 308 g/mol. The molecule has 0 saturated carbocycles. The molecule has 19 heavy (non-hydrogen) atoms. The Labute approximate surface area is 116 Å². The van der Waals surface area contributed by atoms with E-state index in [1.54, 1.807) is 6.07 Å². The summed E-state index contributed by atoms with van der Waals surface area (Å²) in [5, 5.41) is 8.95. The smallest absolute Gasteiger partial charge is 0.321 e. The molecule has 8 heteroatoms. The van der Waals surface area contributed by atoms with Crippen LogP contribution < -0.4 is 4.72 Å². The second kappa shape index (κ2) is 6.33. The molecule has 0 saturated heterocycles. The Morgan fingerprint density at radius 3 is 2.63 bits per heavy atom. The number of benzene rings is 1. The Morgan fingerprint density at radius 1 is 1.47 bits per heavy atom. The van der Waals surface area contributed by atoms with Crippen LogP contribution in [0.5, 0.6) is 0 Å². The largest absolute Gasteiger partial charge is 0.480 e. The van der Waals surface area contributed by atoms with Crippen molar-refractivity contribution in [2.45, 2.75) is 24.5 Å². The molecule has 106 valence electrons. The van der Waals surface area contributed by atoms with Crippen molar-refractivity contribution in [3.05, 3.63) is 28.8 Å². The fourth-order valence-corrected chi connectivity index (χ4v) is 2.99. The maximum atomic E-state index is 12.0. The summed E-state index contributed by atoms with van der Waals surface area (Å²) in [7, 11) is -2.47. The number of methoxy groups -OCH3 is 1. The lowest BCUT2D eigenvalue weighted by molar-refractivity contribution is -0.138. The Kier molecular flexibility index (Phi) is 5.30. The standard InChI is InChI=1S/C11H14ClNO5S/c1-7(11(14)15)13-19(16,17)10-4-8(6-18-2)3-9(12)5-10/h3-5,7,13H,6H2,1-2H3,(H,14,15). The van der Waals surface area contributed by atoms with Crippen LogP contribution in [0.2, 0.25) is 5.02 Å². The second-order valence-corrected chi connectivity index (χ2v) is 6.06. The zero-order valence-corrected chi connectivity index (χ0v) is 12.0. The fraction of sp³-hybridized carbons (Fsp3) is 0.364. The zero-order valence-electron chi connectivity index (χ0n) is 10.4. The summed E-state index contributed by atoms with van der Waals surface area (Å²) < 4.78 is 30.9. The first-order valence-corrected chi connectivity index (χ1v) is 7.16. The summed E-state index contributed by atoms with van der Waals surface area (Å²) in [6.45, 7) is 1.44. The van der Waals surface area contributed by atoms with Crippen LogP contribution in [0.1, 0.15) is 12.5 Å². The summed E-state index contributed by atoms with van der Waals surface area (Å²) in [5.74, 6) is -1.26. The van der Waals surface area contributed by atoms with E-state index >= 15 is 0 Å². The van der Waals surface area contributed by atoms with Crippen molar-refractivity contribution in [3.8, 4) is 0 Å². The molecular formula is C11H14ClNO5S. The van der Waals surface area contributed by atoms with E-state index in [1.165, 1.54) is 26.2 Å². The second-order valence-electron chi connectivity index (χ2n) is 3.91. The number of carbonyl (C=O) groups is 1. The highest BCUT2D eigenvalue weighted by Gasteiger charge is 2.22. The van der Waals surface area contributed by atoms with Crippen LogP contribution in [-0.2, 0) is 26.2 Å². The van der Waals surface area contributed by atoms with E-state index < -0.39 is 22.0 Å². The van der Waals surface area contributed by atoms with Crippen molar-refractivity contribution in [3.63, 3.8) is 0 Å². The van der Waals surface area contributed by atoms with E-state index in [4.69, 9.17) is 21.4 Å². The first kappa shape index (κ1) is 15.9. The number of nitrogens with one attached hydrogen (secondary N) is 1. The molecule has 0 aromatic heterocycles. The lowest BCUT2D eigenvalue weighted by atomic mass is 10.2. The highest BCUT2D eigenvalue weighted by Crippen LogP contribution is 2.19. The number of aliphatic carboxylic acids is 1. The highest BCUT2D eigenvalue weighted by molar-refractivity contribution is 7.89. The Balaban J connectivity index is 3.10. The van der Waals surface area contributed by atoms with Crippen LogP contribution in [-0.4, -0.2) is 32.6 Å². The molecule has 0 spiro atoms. The summed E-state index contributed by atoms with van der Waals surface area (Å²) in [6, 6.07) is 2.98. The van der Waals surface area contributed by atoms with E-state index in [0.717, 1.165) is 0 Å². The number of carboxylic acid groups (broad SMARTS) is 1. The maximum absolute atomic E-state index is 12.0. The van der Waals surface area contributed by atoms with Crippen molar-refractivity contribution in [2.24, 2.45) is 0 Å². The molecule has 0 fully saturated rings. The normalized spacial score (nSPS) is 13.2. The van der Waals surface area contributed by atoms with Crippen molar-refractivity contribution in [1.29, 1.82) is 0 Å². The third kappa shape index (κ3) is 4.46. The molecule has 0 heterocycles. The van der Waals surface area contributed by atoms with Gasteiger partial charge in [-0.15, -0.1) is 0 Å². The van der Waals surface area contributed by atoms with Gasteiger partial charge in [-0.3, -0.25) is 4.79 Å². The number of ether oxygens (including phenoxy) is 1. The molecule has 1 unspecified atom stereocenters. The Bertz CT molecular complexity index is 572. The van der Waals surface area contributed by atoms with E-state index in [1.807, 2.05) is 4.72 Å². The van der Waals surface area contributed by atoms with Gasteiger partial charge in [-0.25, -0.2) is 8.42 Å². The Morgan fingerprint density at radius 2 is 2.11 bits per heavy atom. The van der Waals surface area contributed by atoms with Crippen molar-refractivity contribution in [1.82, 2.24) is 4.72 Å². The molecule has 1 atom stereocenters. The van der Waals surface area contributed by atoms with Gasteiger partial charge in [0.15, 0.2) is 0 Å². The van der Waals surface area contributed by atoms with Crippen molar-refractivity contribution >= 4 is 27.6 Å². The number of carboxylic acids is 1. The first-order chi connectivity index (χ1) is 8.76. The van der Waals surface area contributed by atoms with Crippen LogP contribution in [0.4, 0.5) is 0 Å². The van der Waals surface area contributed by atoms with Crippen LogP contribution in [0.25, 0.3) is 0 Å². The summed E-state index contributed by atoms with van der Waals surface area (Å²) in [5.41, 5.74) is 0.582.